The maximum atomic E-state index is 5.70. The first kappa shape index (κ1) is 12.9. The zero-order chi connectivity index (χ0) is 14.2. The quantitative estimate of drug-likeness (QED) is 0.813. The molecule has 1 aliphatic heterocycles. The summed E-state index contributed by atoms with van der Waals surface area (Å²) in [7, 11) is 5.27. The predicted octanol–water partition coefficient (Wildman–Crippen LogP) is 0.581. The fourth-order valence-electron chi connectivity index (χ4n) is 2.48. The van der Waals surface area contributed by atoms with E-state index in [2.05, 4.69) is 15.0 Å². The molecule has 7 heteroatoms. The van der Waals surface area contributed by atoms with Gasteiger partial charge in [0.25, 0.3) is 0 Å². The second kappa shape index (κ2) is 4.75. The lowest BCUT2D eigenvalue weighted by molar-refractivity contribution is -0.0480. The highest BCUT2D eigenvalue weighted by Gasteiger charge is 2.48. The molecule has 1 fully saturated rings. The maximum Gasteiger partial charge on any atom is 0.228 e. The number of anilines is 1. The summed E-state index contributed by atoms with van der Waals surface area (Å²) in [4.78, 5) is 15.0. The van der Waals surface area contributed by atoms with Gasteiger partial charge in [-0.3, -0.25) is 0 Å². The third-order valence-corrected chi connectivity index (χ3v) is 3.62. The Labute approximate surface area is 117 Å². The molecule has 0 aliphatic carbocycles. The van der Waals surface area contributed by atoms with E-state index in [1.807, 2.05) is 22.7 Å². The first-order chi connectivity index (χ1) is 9.68. The number of aryl methyl sites for hydroxylation is 1. The fraction of sp³-hybridized carbons (Fsp3) is 0.462. The van der Waals surface area contributed by atoms with Crippen LogP contribution < -0.4 is 9.64 Å². The summed E-state index contributed by atoms with van der Waals surface area (Å²) in [5.41, 5.74) is -0.398. The van der Waals surface area contributed by atoms with Crippen molar-refractivity contribution < 1.29 is 9.47 Å². The molecule has 3 heterocycles. The number of methoxy groups -OCH3 is 2. The molecule has 3 rings (SSSR count). The Morgan fingerprint density at radius 3 is 2.60 bits per heavy atom. The highest BCUT2D eigenvalue weighted by molar-refractivity contribution is 5.40. The Hall–Kier alpha value is -2.15. The van der Waals surface area contributed by atoms with E-state index in [-0.39, 0.29) is 0 Å². The lowest BCUT2D eigenvalue weighted by atomic mass is 9.93. The monoisotopic (exact) mass is 275 g/mol. The fourth-order valence-corrected chi connectivity index (χ4v) is 2.48. The Morgan fingerprint density at radius 1 is 1.20 bits per heavy atom. The van der Waals surface area contributed by atoms with Gasteiger partial charge in [-0.25, -0.2) is 9.97 Å². The molecule has 0 aromatic carbocycles. The van der Waals surface area contributed by atoms with E-state index < -0.39 is 5.60 Å². The lowest BCUT2D eigenvalue weighted by Gasteiger charge is -2.48. The standard InChI is InChI=1S/C13H17N5O2/c1-17-7-6-14-11(17)13(20-3)8-18(9-13)12-15-5-4-10(16-12)19-2/h4-7H,8-9H2,1-3H3. The van der Waals surface area contributed by atoms with Gasteiger partial charge in [-0.2, -0.15) is 4.98 Å². The van der Waals surface area contributed by atoms with Crippen LogP contribution in [0.4, 0.5) is 5.95 Å². The van der Waals surface area contributed by atoms with E-state index in [1.54, 1.807) is 32.7 Å². The van der Waals surface area contributed by atoms with Crippen molar-refractivity contribution in [3.8, 4) is 5.88 Å². The minimum atomic E-state index is -0.398. The highest BCUT2D eigenvalue weighted by Crippen LogP contribution is 2.36. The van der Waals surface area contributed by atoms with Gasteiger partial charge in [-0.15, -0.1) is 0 Å². The van der Waals surface area contributed by atoms with Gasteiger partial charge in [0.1, 0.15) is 5.82 Å². The third-order valence-electron chi connectivity index (χ3n) is 3.62. The molecule has 0 radical (unpaired) electrons. The van der Waals surface area contributed by atoms with Gasteiger partial charge in [-0.05, 0) is 0 Å². The molecule has 0 atom stereocenters. The zero-order valence-electron chi connectivity index (χ0n) is 11.8. The third kappa shape index (κ3) is 1.90. The van der Waals surface area contributed by atoms with E-state index in [0.717, 1.165) is 5.82 Å². The second-order valence-corrected chi connectivity index (χ2v) is 4.82. The SMILES string of the molecule is COc1ccnc(N2CC(OC)(c3nccn3C)C2)n1. The molecular formula is C13H17N5O2. The van der Waals surface area contributed by atoms with Crippen LogP contribution >= 0.6 is 0 Å². The molecule has 20 heavy (non-hydrogen) atoms. The number of nitrogens with zero attached hydrogens (tertiary/aromatic N) is 5. The average molecular weight is 275 g/mol. The summed E-state index contributed by atoms with van der Waals surface area (Å²) < 4.78 is 12.8. The number of hydrogen-bond acceptors (Lipinski definition) is 6. The normalized spacial score (nSPS) is 16.9. The van der Waals surface area contributed by atoms with Crippen molar-refractivity contribution in [1.82, 2.24) is 19.5 Å². The molecule has 0 bridgehead atoms. The smallest absolute Gasteiger partial charge is 0.228 e. The van der Waals surface area contributed by atoms with Crippen molar-refractivity contribution >= 4 is 5.95 Å². The van der Waals surface area contributed by atoms with E-state index in [0.29, 0.717) is 24.9 Å². The predicted molar refractivity (Wildman–Crippen MR) is 72.7 cm³/mol. The molecule has 1 aliphatic rings. The van der Waals surface area contributed by atoms with Crippen LogP contribution in [0.2, 0.25) is 0 Å². The first-order valence-corrected chi connectivity index (χ1v) is 6.33. The van der Waals surface area contributed by atoms with Crippen LogP contribution in [-0.4, -0.2) is 46.8 Å². The van der Waals surface area contributed by atoms with Crippen molar-refractivity contribution in [3.05, 3.63) is 30.5 Å². The van der Waals surface area contributed by atoms with Crippen molar-refractivity contribution in [2.45, 2.75) is 5.60 Å². The highest BCUT2D eigenvalue weighted by atomic mass is 16.5. The van der Waals surface area contributed by atoms with E-state index in [1.165, 1.54) is 0 Å². The van der Waals surface area contributed by atoms with E-state index >= 15 is 0 Å². The van der Waals surface area contributed by atoms with Crippen LogP contribution in [0, 0.1) is 0 Å². The number of aromatic nitrogens is 4. The maximum absolute atomic E-state index is 5.70. The zero-order valence-corrected chi connectivity index (χ0v) is 11.8. The first-order valence-electron chi connectivity index (χ1n) is 6.33. The summed E-state index contributed by atoms with van der Waals surface area (Å²) in [5.74, 6) is 2.12. The molecule has 0 saturated carbocycles. The number of imidazole rings is 1. The molecule has 0 amide bonds. The van der Waals surface area contributed by atoms with Crippen LogP contribution in [0.25, 0.3) is 0 Å². The molecule has 7 nitrogen and oxygen atoms in total. The minimum absolute atomic E-state index is 0.398. The molecular weight excluding hydrogens is 258 g/mol. The summed E-state index contributed by atoms with van der Waals surface area (Å²) in [5, 5.41) is 0. The summed E-state index contributed by atoms with van der Waals surface area (Å²) in [6, 6.07) is 1.73. The Bertz CT molecular complexity index is 606. The lowest BCUT2D eigenvalue weighted by Crippen LogP contribution is -2.62. The molecule has 2 aromatic rings. The van der Waals surface area contributed by atoms with Gasteiger partial charge >= 0.3 is 0 Å². The molecule has 1 saturated heterocycles. The Morgan fingerprint density at radius 2 is 2.00 bits per heavy atom. The van der Waals surface area contributed by atoms with Crippen molar-refractivity contribution in [1.29, 1.82) is 0 Å². The van der Waals surface area contributed by atoms with Crippen LogP contribution in [-0.2, 0) is 17.4 Å². The van der Waals surface area contributed by atoms with E-state index in [4.69, 9.17) is 9.47 Å². The molecule has 0 unspecified atom stereocenters. The van der Waals surface area contributed by atoms with Crippen LogP contribution in [0.1, 0.15) is 5.82 Å². The van der Waals surface area contributed by atoms with Gasteiger partial charge in [0.15, 0.2) is 5.60 Å². The van der Waals surface area contributed by atoms with Gasteiger partial charge in [0.05, 0.1) is 20.2 Å². The summed E-state index contributed by atoms with van der Waals surface area (Å²) in [6.45, 7) is 1.34. The van der Waals surface area contributed by atoms with Crippen LogP contribution in [0.5, 0.6) is 5.88 Å². The van der Waals surface area contributed by atoms with Crippen molar-refractivity contribution in [2.24, 2.45) is 7.05 Å². The van der Waals surface area contributed by atoms with Crippen molar-refractivity contribution in [2.75, 3.05) is 32.2 Å². The van der Waals surface area contributed by atoms with Crippen LogP contribution in [0.15, 0.2) is 24.7 Å². The average Bonchev–Trinajstić information content (AvgIpc) is 2.86. The summed E-state index contributed by atoms with van der Waals surface area (Å²) in [6.07, 6.45) is 5.39. The number of hydrogen-bond donors (Lipinski definition) is 0. The minimum Gasteiger partial charge on any atom is -0.481 e. The van der Waals surface area contributed by atoms with Gasteiger partial charge < -0.3 is 18.9 Å². The Kier molecular flexibility index (Phi) is 3.06. The largest absolute Gasteiger partial charge is 0.481 e. The van der Waals surface area contributed by atoms with Crippen LogP contribution in [0.3, 0.4) is 0 Å². The van der Waals surface area contributed by atoms with Gasteiger partial charge in [-0.1, -0.05) is 0 Å². The Balaban J connectivity index is 1.81. The second-order valence-electron chi connectivity index (χ2n) is 4.82. The molecule has 2 aromatic heterocycles. The van der Waals surface area contributed by atoms with Crippen molar-refractivity contribution in [3.63, 3.8) is 0 Å². The summed E-state index contributed by atoms with van der Waals surface area (Å²) >= 11 is 0. The molecule has 0 spiro atoms. The number of ether oxygens (including phenoxy) is 2. The molecule has 106 valence electrons. The van der Waals surface area contributed by atoms with Gasteiger partial charge in [0.2, 0.25) is 11.8 Å². The van der Waals surface area contributed by atoms with Gasteiger partial charge in [0, 0.05) is 38.8 Å². The molecule has 0 N–H and O–H groups in total. The number of rotatable bonds is 4. The van der Waals surface area contributed by atoms with E-state index in [9.17, 15) is 0 Å². The topological polar surface area (TPSA) is 65.3 Å².